The summed E-state index contributed by atoms with van der Waals surface area (Å²) in [5.41, 5.74) is 2.67. The van der Waals surface area contributed by atoms with Gasteiger partial charge in [0.2, 0.25) is 0 Å². The average Bonchev–Trinajstić information content (AvgIpc) is 3.12. The van der Waals surface area contributed by atoms with Crippen LogP contribution in [0.15, 0.2) is 72.8 Å². The van der Waals surface area contributed by atoms with Gasteiger partial charge in [0.25, 0.3) is 5.91 Å². The molecule has 0 radical (unpaired) electrons. The smallest absolute Gasteiger partial charge is 0.387 e. The van der Waals surface area contributed by atoms with Crippen LogP contribution in [0.2, 0.25) is 0 Å². The van der Waals surface area contributed by atoms with E-state index < -0.39 is 6.61 Å². The van der Waals surface area contributed by atoms with E-state index in [4.69, 9.17) is 0 Å². The Morgan fingerprint density at radius 1 is 0.964 bits per heavy atom. The number of hydrogen-bond donors (Lipinski definition) is 1. The molecule has 0 atom stereocenters. The van der Waals surface area contributed by atoms with Crippen molar-refractivity contribution >= 4 is 33.1 Å². The molecule has 0 unspecified atom stereocenters. The molecule has 7 heteroatoms. The van der Waals surface area contributed by atoms with Crippen molar-refractivity contribution in [2.45, 2.75) is 6.61 Å². The SMILES string of the molecule is O=C(Nc1ccccc1-c1nc2ccccc2s1)c1ccc(OC(F)F)cc1. The molecule has 28 heavy (non-hydrogen) atoms. The molecule has 0 aliphatic heterocycles. The first-order valence-electron chi connectivity index (χ1n) is 8.41. The number of para-hydroxylation sites is 2. The molecule has 0 saturated carbocycles. The van der Waals surface area contributed by atoms with E-state index in [1.54, 1.807) is 17.4 Å². The van der Waals surface area contributed by atoms with E-state index in [1.165, 1.54) is 24.3 Å². The van der Waals surface area contributed by atoms with Crippen LogP contribution in [-0.2, 0) is 0 Å². The van der Waals surface area contributed by atoms with Crippen molar-refractivity contribution < 1.29 is 18.3 Å². The molecule has 1 aromatic heterocycles. The van der Waals surface area contributed by atoms with E-state index in [0.29, 0.717) is 11.3 Å². The van der Waals surface area contributed by atoms with E-state index in [2.05, 4.69) is 15.0 Å². The Balaban J connectivity index is 1.59. The number of amides is 1. The third-order valence-electron chi connectivity index (χ3n) is 4.04. The molecule has 0 aliphatic carbocycles. The molecule has 4 nitrogen and oxygen atoms in total. The third-order valence-corrected chi connectivity index (χ3v) is 5.11. The summed E-state index contributed by atoms with van der Waals surface area (Å²) in [5.74, 6) is -0.349. The summed E-state index contributed by atoms with van der Waals surface area (Å²) in [5, 5.41) is 3.67. The lowest BCUT2D eigenvalue weighted by Gasteiger charge is -2.10. The topological polar surface area (TPSA) is 51.2 Å². The third kappa shape index (κ3) is 3.84. The first kappa shape index (κ1) is 18.1. The van der Waals surface area contributed by atoms with Gasteiger partial charge in [0.15, 0.2) is 0 Å². The largest absolute Gasteiger partial charge is 0.435 e. The number of carbonyl (C=O) groups excluding carboxylic acids is 1. The van der Waals surface area contributed by atoms with Crippen molar-refractivity contribution in [2.75, 3.05) is 5.32 Å². The molecule has 4 aromatic rings. The summed E-state index contributed by atoms with van der Waals surface area (Å²) in [6.45, 7) is -2.90. The lowest BCUT2D eigenvalue weighted by Crippen LogP contribution is -2.12. The lowest BCUT2D eigenvalue weighted by molar-refractivity contribution is -0.0498. The second kappa shape index (κ2) is 7.74. The Kier molecular flexibility index (Phi) is 4.99. The van der Waals surface area contributed by atoms with E-state index in [9.17, 15) is 13.6 Å². The molecule has 0 spiro atoms. The highest BCUT2D eigenvalue weighted by atomic mass is 32.1. The minimum atomic E-state index is -2.90. The fourth-order valence-corrected chi connectivity index (χ4v) is 3.75. The second-order valence-electron chi connectivity index (χ2n) is 5.89. The van der Waals surface area contributed by atoms with Crippen molar-refractivity contribution in [1.82, 2.24) is 4.98 Å². The summed E-state index contributed by atoms with van der Waals surface area (Å²) >= 11 is 1.55. The quantitative estimate of drug-likeness (QED) is 0.463. The normalized spacial score (nSPS) is 11.0. The molecule has 0 saturated heterocycles. The van der Waals surface area contributed by atoms with E-state index in [1.807, 2.05) is 42.5 Å². The lowest BCUT2D eigenvalue weighted by atomic mass is 10.1. The molecule has 140 valence electrons. The highest BCUT2D eigenvalue weighted by Gasteiger charge is 2.14. The maximum absolute atomic E-state index is 12.6. The molecule has 0 bridgehead atoms. The molecule has 1 amide bonds. The van der Waals surface area contributed by atoms with Crippen LogP contribution >= 0.6 is 11.3 Å². The predicted molar refractivity (Wildman–Crippen MR) is 106 cm³/mol. The molecular weight excluding hydrogens is 382 g/mol. The number of halogens is 2. The molecule has 3 aromatic carbocycles. The first-order chi connectivity index (χ1) is 13.6. The number of fused-ring (bicyclic) bond motifs is 1. The summed E-state index contributed by atoms with van der Waals surface area (Å²) in [4.78, 5) is 17.2. The van der Waals surface area contributed by atoms with Crippen LogP contribution in [0.5, 0.6) is 5.75 Å². The minimum Gasteiger partial charge on any atom is -0.435 e. The number of benzene rings is 3. The fourth-order valence-electron chi connectivity index (χ4n) is 2.75. The molecule has 1 heterocycles. The van der Waals surface area contributed by atoms with Crippen LogP contribution in [0.3, 0.4) is 0 Å². The van der Waals surface area contributed by atoms with Gasteiger partial charge in [-0.2, -0.15) is 8.78 Å². The number of thiazole rings is 1. The number of hydrogen-bond acceptors (Lipinski definition) is 4. The van der Waals surface area contributed by atoms with Crippen LogP contribution in [0.4, 0.5) is 14.5 Å². The number of aromatic nitrogens is 1. The van der Waals surface area contributed by atoms with Gasteiger partial charge in [-0.3, -0.25) is 4.79 Å². The van der Waals surface area contributed by atoms with Gasteiger partial charge in [0.1, 0.15) is 10.8 Å². The van der Waals surface area contributed by atoms with Gasteiger partial charge >= 0.3 is 6.61 Å². The van der Waals surface area contributed by atoms with Gasteiger partial charge in [-0.15, -0.1) is 11.3 Å². The zero-order valence-electron chi connectivity index (χ0n) is 14.4. The maximum atomic E-state index is 12.6. The Hall–Kier alpha value is -3.32. The van der Waals surface area contributed by atoms with Crippen molar-refractivity contribution in [2.24, 2.45) is 0 Å². The molecule has 1 N–H and O–H groups in total. The van der Waals surface area contributed by atoms with Gasteiger partial charge in [-0.1, -0.05) is 24.3 Å². The Morgan fingerprint density at radius 3 is 2.43 bits per heavy atom. The number of rotatable bonds is 5. The van der Waals surface area contributed by atoms with Gasteiger partial charge in [-0.25, -0.2) is 4.98 Å². The minimum absolute atomic E-state index is 0.00132. The summed E-state index contributed by atoms with van der Waals surface area (Å²) < 4.78 is 29.9. The van der Waals surface area contributed by atoms with Crippen LogP contribution in [0, 0.1) is 0 Å². The predicted octanol–water partition coefficient (Wildman–Crippen LogP) is 5.82. The first-order valence-corrected chi connectivity index (χ1v) is 9.23. The van der Waals surface area contributed by atoms with Crippen LogP contribution < -0.4 is 10.1 Å². The van der Waals surface area contributed by atoms with Gasteiger partial charge in [0.05, 0.1) is 15.9 Å². The van der Waals surface area contributed by atoms with Crippen LogP contribution in [0.25, 0.3) is 20.8 Å². The standard InChI is InChI=1S/C21H14F2N2O2S/c22-21(23)27-14-11-9-13(10-12-14)19(26)24-16-6-2-1-5-15(16)20-25-17-7-3-4-8-18(17)28-20/h1-12,21H,(H,24,26). The Labute approximate surface area is 163 Å². The highest BCUT2D eigenvalue weighted by molar-refractivity contribution is 7.21. The summed E-state index contributed by atoms with van der Waals surface area (Å²) in [6, 6.07) is 20.8. The number of ether oxygens (including phenoxy) is 1. The number of nitrogens with zero attached hydrogens (tertiary/aromatic N) is 1. The van der Waals surface area contributed by atoms with E-state index >= 15 is 0 Å². The average molecular weight is 396 g/mol. The Morgan fingerprint density at radius 2 is 1.68 bits per heavy atom. The van der Waals surface area contributed by atoms with E-state index in [-0.39, 0.29) is 11.7 Å². The molecular formula is C21H14F2N2O2S. The number of carbonyl (C=O) groups is 1. The summed E-state index contributed by atoms with van der Waals surface area (Å²) in [6.07, 6.45) is 0. The zero-order chi connectivity index (χ0) is 19.5. The van der Waals surface area contributed by atoms with Gasteiger partial charge < -0.3 is 10.1 Å². The second-order valence-corrected chi connectivity index (χ2v) is 6.92. The van der Waals surface area contributed by atoms with Gasteiger partial charge in [-0.05, 0) is 48.5 Å². The Bertz CT molecular complexity index is 1090. The maximum Gasteiger partial charge on any atom is 0.387 e. The molecule has 0 fully saturated rings. The van der Waals surface area contributed by atoms with E-state index in [0.717, 1.165) is 20.8 Å². The summed E-state index contributed by atoms with van der Waals surface area (Å²) in [7, 11) is 0. The number of anilines is 1. The van der Waals surface area contributed by atoms with Crippen molar-refractivity contribution in [3.63, 3.8) is 0 Å². The van der Waals surface area contributed by atoms with Crippen molar-refractivity contribution in [1.29, 1.82) is 0 Å². The highest BCUT2D eigenvalue weighted by Crippen LogP contribution is 2.34. The fraction of sp³-hybridized carbons (Fsp3) is 0.0476. The molecule has 4 rings (SSSR count). The van der Waals surface area contributed by atoms with Crippen molar-refractivity contribution in [3.8, 4) is 16.3 Å². The van der Waals surface area contributed by atoms with Crippen LogP contribution in [0.1, 0.15) is 10.4 Å². The van der Waals surface area contributed by atoms with Gasteiger partial charge in [0, 0.05) is 11.1 Å². The number of alkyl halides is 2. The van der Waals surface area contributed by atoms with Crippen LogP contribution in [-0.4, -0.2) is 17.5 Å². The number of nitrogens with one attached hydrogen (secondary N) is 1. The monoisotopic (exact) mass is 396 g/mol. The zero-order valence-corrected chi connectivity index (χ0v) is 15.2. The molecule has 0 aliphatic rings. The van der Waals surface area contributed by atoms with Crippen molar-refractivity contribution in [3.05, 3.63) is 78.4 Å².